The van der Waals surface area contributed by atoms with E-state index in [0.717, 1.165) is 4.90 Å². The van der Waals surface area contributed by atoms with Crippen molar-refractivity contribution < 1.29 is 19.1 Å². The van der Waals surface area contributed by atoms with Crippen molar-refractivity contribution in [1.82, 2.24) is 4.90 Å². The van der Waals surface area contributed by atoms with Crippen LogP contribution in [-0.2, 0) is 14.3 Å². The average molecular weight is 281 g/mol. The number of esters is 1. The fraction of sp³-hybridized carbons (Fsp3) is 0.385. The van der Waals surface area contributed by atoms with Gasteiger partial charge >= 0.3 is 5.97 Å². The number of amides is 1. The molecule has 102 valence electrons. The van der Waals surface area contributed by atoms with Crippen LogP contribution in [0.2, 0.25) is 0 Å². The molecule has 1 aromatic carbocycles. The lowest BCUT2D eigenvalue weighted by molar-refractivity contribution is -0.138. The predicted molar refractivity (Wildman–Crippen MR) is 71.4 cm³/mol. The molecule has 6 heteroatoms. The molecule has 0 aliphatic carbocycles. The highest BCUT2D eigenvalue weighted by Crippen LogP contribution is 2.09. The predicted octanol–water partition coefficient (Wildman–Crippen LogP) is 0.991. The minimum absolute atomic E-state index is 0.192. The van der Waals surface area contributed by atoms with Crippen molar-refractivity contribution in [3.63, 3.8) is 0 Å². The fourth-order valence-corrected chi connectivity index (χ4v) is 1.86. The number of carbonyl (C=O) groups excluding carboxylic acids is 2. The number of carbonyl (C=O) groups is 2. The molecule has 1 saturated heterocycles. The highest BCUT2D eigenvalue weighted by Gasteiger charge is 2.18. The van der Waals surface area contributed by atoms with Crippen molar-refractivity contribution in [3.8, 4) is 0 Å². The smallest absolute Gasteiger partial charge is 0.338 e. The molecular formula is C13H15NO4S. The molecule has 1 fully saturated rings. The number of ether oxygens (including phenoxy) is 2. The number of hydrogen-bond donors (Lipinski definition) is 1. The zero-order chi connectivity index (χ0) is 13.7. The maximum Gasteiger partial charge on any atom is 0.338 e. The van der Waals surface area contributed by atoms with Crippen molar-refractivity contribution in [1.29, 1.82) is 0 Å². The van der Waals surface area contributed by atoms with Crippen LogP contribution in [0, 0.1) is 0 Å². The van der Waals surface area contributed by atoms with Gasteiger partial charge in [0, 0.05) is 18.0 Å². The molecule has 2 rings (SSSR count). The monoisotopic (exact) mass is 281 g/mol. The van der Waals surface area contributed by atoms with E-state index in [0.29, 0.717) is 31.9 Å². The molecule has 19 heavy (non-hydrogen) atoms. The van der Waals surface area contributed by atoms with Crippen LogP contribution >= 0.6 is 12.6 Å². The third-order valence-electron chi connectivity index (χ3n) is 2.79. The van der Waals surface area contributed by atoms with E-state index in [1.165, 1.54) is 0 Å². The second kappa shape index (κ2) is 6.58. The first-order valence-electron chi connectivity index (χ1n) is 5.98. The van der Waals surface area contributed by atoms with Crippen molar-refractivity contribution in [3.05, 3.63) is 29.8 Å². The summed E-state index contributed by atoms with van der Waals surface area (Å²) >= 11 is 4.13. The van der Waals surface area contributed by atoms with Crippen LogP contribution in [0.3, 0.4) is 0 Å². The Hall–Kier alpha value is -1.53. The van der Waals surface area contributed by atoms with Gasteiger partial charge in [-0.25, -0.2) is 4.79 Å². The molecule has 1 amide bonds. The summed E-state index contributed by atoms with van der Waals surface area (Å²) in [6, 6.07) is 6.63. The molecule has 0 radical (unpaired) electrons. The summed E-state index contributed by atoms with van der Waals surface area (Å²) in [6.45, 7) is 1.92. The summed E-state index contributed by atoms with van der Waals surface area (Å²) in [4.78, 5) is 25.9. The van der Waals surface area contributed by atoms with E-state index in [9.17, 15) is 9.59 Å². The number of nitrogens with zero attached hydrogens (tertiary/aromatic N) is 1. The first kappa shape index (κ1) is 13.9. The van der Waals surface area contributed by atoms with Gasteiger partial charge in [-0.2, -0.15) is 0 Å². The number of hydrogen-bond acceptors (Lipinski definition) is 5. The van der Waals surface area contributed by atoms with Crippen molar-refractivity contribution in [2.24, 2.45) is 0 Å². The van der Waals surface area contributed by atoms with Crippen molar-refractivity contribution >= 4 is 24.5 Å². The molecule has 0 saturated carbocycles. The minimum atomic E-state index is -0.505. The lowest BCUT2D eigenvalue weighted by atomic mass is 10.2. The van der Waals surface area contributed by atoms with Crippen molar-refractivity contribution in [2.45, 2.75) is 4.90 Å². The summed E-state index contributed by atoms with van der Waals surface area (Å²) in [6.07, 6.45) is 0. The molecule has 1 aliphatic heterocycles. The van der Waals surface area contributed by atoms with Gasteiger partial charge in [0.2, 0.25) is 0 Å². The fourth-order valence-electron chi connectivity index (χ4n) is 1.71. The van der Waals surface area contributed by atoms with E-state index in [4.69, 9.17) is 9.47 Å². The lowest BCUT2D eigenvalue weighted by Crippen LogP contribution is -2.42. The Morgan fingerprint density at radius 3 is 2.47 bits per heavy atom. The van der Waals surface area contributed by atoms with Gasteiger partial charge in [-0.15, -0.1) is 12.6 Å². The third-order valence-corrected chi connectivity index (χ3v) is 3.09. The first-order valence-corrected chi connectivity index (χ1v) is 6.43. The molecular weight excluding hydrogens is 266 g/mol. The van der Waals surface area contributed by atoms with Crippen LogP contribution in [0.15, 0.2) is 29.2 Å². The topological polar surface area (TPSA) is 55.8 Å². The summed E-state index contributed by atoms with van der Waals surface area (Å²) < 4.78 is 10.1. The molecule has 0 aromatic heterocycles. The van der Waals surface area contributed by atoms with E-state index in [2.05, 4.69) is 12.6 Å². The van der Waals surface area contributed by atoms with Gasteiger partial charge in [-0.05, 0) is 24.3 Å². The van der Waals surface area contributed by atoms with Gasteiger partial charge in [0.1, 0.15) is 0 Å². The van der Waals surface area contributed by atoms with Gasteiger partial charge in [0.25, 0.3) is 5.91 Å². The molecule has 5 nitrogen and oxygen atoms in total. The maximum atomic E-state index is 11.8. The van der Waals surface area contributed by atoms with Crippen LogP contribution in [0.1, 0.15) is 10.4 Å². The molecule has 1 heterocycles. The van der Waals surface area contributed by atoms with E-state index in [1.54, 1.807) is 29.2 Å². The van der Waals surface area contributed by atoms with E-state index >= 15 is 0 Å². The largest absolute Gasteiger partial charge is 0.452 e. The molecule has 0 N–H and O–H groups in total. The Labute approximate surface area is 116 Å². The summed E-state index contributed by atoms with van der Waals surface area (Å²) in [5, 5.41) is 0. The Balaban J connectivity index is 1.82. The molecule has 0 unspecified atom stereocenters. The van der Waals surface area contributed by atoms with Crippen LogP contribution in [0.5, 0.6) is 0 Å². The van der Waals surface area contributed by atoms with Gasteiger partial charge in [0.05, 0.1) is 18.8 Å². The SMILES string of the molecule is O=C(OCC(=O)N1CCOCC1)c1ccc(S)cc1. The minimum Gasteiger partial charge on any atom is -0.452 e. The third kappa shape index (κ3) is 3.97. The molecule has 0 spiro atoms. The Kier molecular flexibility index (Phi) is 4.81. The van der Waals surface area contributed by atoms with Crippen LogP contribution in [-0.4, -0.2) is 49.7 Å². The number of thiol groups is 1. The van der Waals surface area contributed by atoms with Gasteiger partial charge in [-0.3, -0.25) is 4.79 Å². The number of rotatable bonds is 3. The van der Waals surface area contributed by atoms with Crippen molar-refractivity contribution in [2.75, 3.05) is 32.9 Å². The second-order valence-electron chi connectivity index (χ2n) is 4.12. The van der Waals surface area contributed by atoms with Crippen LogP contribution < -0.4 is 0 Å². The Morgan fingerprint density at radius 1 is 1.21 bits per heavy atom. The zero-order valence-corrected chi connectivity index (χ0v) is 11.3. The van der Waals surface area contributed by atoms with Crippen LogP contribution in [0.4, 0.5) is 0 Å². The molecule has 1 aliphatic rings. The normalized spacial score (nSPS) is 15.1. The molecule has 1 aromatic rings. The quantitative estimate of drug-likeness (QED) is 0.663. The van der Waals surface area contributed by atoms with E-state index in [-0.39, 0.29) is 12.5 Å². The van der Waals surface area contributed by atoms with Gasteiger partial charge in [-0.1, -0.05) is 0 Å². The van der Waals surface area contributed by atoms with Crippen LogP contribution in [0.25, 0.3) is 0 Å². The highest BCUT2D eigenvalue weighted by atomic mass is 32.1. The first-order chi connectivity index (χ1) is 9.16. The Morgan fingerprint density at radius 2 is 1.84 bits per heavy atom. The van der Waals surface area contributed by atoms with Gasteiger partial charge < -0.3 is 14.4 Å². The average Bonchev–Trinajstić information content (AvgIpc) is 2.46. The number of benzene rings is 1. The maximum absolute atomic E-state index is 11.8. The molecule has 0 atom stereocenters. The second-order valence-corrected chi connectivity index (χ2v) is 4.63. The summed E-state index contributed by atoms with van der Waals surface area (Å²) in [7, 11) is 0. The number of morpholine rings is 1. The standard InChI is InChI=1S/C13H15NO4S/c15-12(14-5-7-17-8-6-14)9-18-13(16)10-1-3-11(19)4-2-10/h1-4,19H,5-9H2. The Bertz CT molecular complexity index is 454. The molecule has 0 bridgehead atoms. The summed E-state index contributed by atoms with van der Waals surface area (Å²) in [5.74, 6) is -0.697. The zero-order valence-electron chi connectivity index (χ0n) is 10.4. The summed E-state index contributed by atoms with van der Waals surface area (Å²) in [5.41, 5.74) is 0.410. The lowest BCUT2D eigenvalue weighted by Gasteiger charge is -2.26. The van der Waals surface area contributed by atoms with E-state index < -0.39 is 5.97 Å². The van der Waals surface area contributed by atoms with Gasteiger partial charge in [0.15, 0.2) is 6.61 Å². The van der Waals surface area contributed by atoms with E-state index in [1.807, 2.05) is 0 Å². The highest BCUT2D eigenvalue weighted by molar-refractivity contribution is 7.80.